The number of carbonyl (C=O) groups is 1. The molecule has 20 heavy (non-hydrogen) atoms. The van der Waals surface area contributed by atoms with E-state index in [1.807, 2.05) is 13.0 Å². The number of rotatable bonds is 4. The number of aliphatic hydroxyl groups is 1. The molecule has 0 atom stereocenters. The van der Waals surface area contributed by atoms with E-state index in [1.165, 1.54) is 24.2 Å². The van der Waals surface area contributed by atoms with Crippen molar-refractivity contribution in [3.63, 3.8) is 0 Å². The van der Waals surface area contributed by atoms with Gasteiger partial charge in [-0.15, -0.1) is 11.3 Å². The fraction of sp³-hybridized carbons (Fsp3) is 0.562. The fourth-order valence-electron chi connectivity index (χ4n) is 2.30. The van der Waals surface area contributed by atoms with Gasteiger partial charge in [0.25, 0.3) is 5.91 Å². The summed E-state index contributed by atoms with van der Waals surface area (Å²) in [7, 11) is 0. The highest BCUT2D eigenvalue weighted by molar-refractivity contribution is 7.14. The van der Waals surface area contributed by atoms with Crippen molar-refractivity contribution in [2.24, 2.45) is 11.3 Å². The zero-order valence-corrected chi connectivity index (χ0v) is 13.1. The first-order chi connectivity index (χ1) is 9.48. The van der Waals surface area contributed by atoms with Crippen molar-refractivity contribution in [1.82, 2.24) is 5.32 Å². The van der Waals surface area contributed by atoms with Crippen molar-refractivity contribution < 1.29 is 9.90 Å². The highest BCUT2D eigenvalue weighted by Crippen LogP contribution is 2.51. The quantitative estimate of drug-likeness (QED) is 0.838. The number of nitrogens with one attached hydrogen (secondary N) is 1. The van der Waals surface area contributed by atoms with Gasteiger partial charge in [-0.2, -0.15) is 0 Å². The molecule has 1 aromatic heterocycles. The molecule has 3 nitrogen and oxygen atoms in total. The van der Waals surface area contributed by atoms with Crippen molar-refractivity contribution in [1.29, 1.82) is 0 Å². The second-order valence-electron chi connectivity index (χ2n) is 5.78. The molecule has 0 saturated heterocycles. The third-order valence-corrected chi connectivity index (χ3v) is 5.29. The van der Waals surface area contributed by atoms with Gasteiger partial charge in [-0.3, -0.25) is 4.79 Å². The van der Waals surface area contributed by atoms with Crippen LogP contribution in [0.5, 0.6) is 0 Å². The molecule has 2 N–H and O–H groups in total. The predicted molar refractivity (Wildman–Crippen MR) is 81.9 cm³/mol. The summed E-state index contributed by atoms with van der Waals surface area (Å²) in [6.07, 6.45) is 2.42. The van der Waals surface area contributed by atoms with Crippen LogP contribution in [-0.2, 0) is 0 Å². The second-order valence-corrected chi connectivity index (χ2v) is 6.83. The molecule has 108 valence electrons. The topological polar surface area (TPSA) is 49.3 Å². The third-order valence-electron chi connectivity index (χ3n) is 4.14. The summed E-state index contributed by atoms with van der Waals surface area (Å²) in [5.41, 5.74) is 1.31. The third kappa shape index (κ3) is 3.23. The van der Waals surface area contributed by atoms with E-state index in [0.29, 0.717) is 16.2 Å². The first kappa shape index (κ1) is 15.1. The molecular formula is C16H21NO2S. The minimum absolute atomic E-state index is 0.0120. The monoisotopic (exact) mass is 291 g/mol. The Labute approximate surface area is 124 Å². The van der Waals surface area contributed by atoms with Crippen LogP contribution in [0.25, 0.3) is 0 Å². The van der Waals surface area contributed by atoms with Crippen LogP contribution in [0, 0.1) is 30.1 Å². The molecule has 0 aliphatic heterocycles. The molecule has 1 heterocycles. The molecule has 4 heteroatoms. The smallest absolute Gasteiger partial charge is 0.261 e. The molecule has 1 aromatic rings. The largest absolute Gasteiger partial charge is 0.384 e. The molecule has 0 unspecified atom stereocenters. The summed E-state index contributed by atoms with van der Waals surface area (Å²) in [6, 6.07) is 1.87. The van der Waals surface area contributed by atoms with E-state index in [1.54, 1.807) is 0 Å². The van der Waals surface area contributed by atoms with Gasteiger partial charge in [-0.1, -0.05) is 25.7 Å². The number of aryl methyl sites for hydroxylation is 1. The van der Waals surface area contributed by atoms with Gasteiger partial charge in [0.1, 0.15) is 6.61 Å². The van der Waals surface area contributed by atoms with E-state index in [0.717, 1.165) is 17.0 Å². The van der Waals surface area contributed by atoms with Gasteiger partial charge in [0.05, 0.1) is 9.75 Å². The first-order valence-corrected chi connectivity index (χ1v) is 7.78. The van der Waals surface area contributed by atoms with Crippen LogP contribution in [0.2, 0.25) is 0 Å². The maximum Gasteiger partial charge on any atom is 0.261 e. The number of hydrogen-bond donors (Lipinski definition) is 2. The van der Waals surface area contributed by atoms with E-state index in [9.17, 15) is 4.79 Å². The Morgan fingerprint density at radius 1 is 1.55 bits per heavy atom. The van der Waals surface area contributed by atoms with Crippen LogP contribution in [0.3, 0.4) is 0 Å². The van der Waals surface area contributed by atoms with E-state index >= 15 is 0 Å². The number of hydrogen-bond acceptors (Lipinski definition) is 3. The molecular weight excluding hydrogens is 270 g/mol. The Morgan fingerprint density at radius 2 is 2.25 bits per heavy atom. The second kappa shape index (κ2) is 5.99. The Bertz CT molecular complexity index is 559. The lowest BCUT2D eigenvalue weighted by Gasteiger charge is -2.19. The number of amides is 1. The van der Waals surface area contributed by atoms with Crippen LogP contribution >= 0.6 is 11.3 Å². The summed E-state index contributed by atoms with van der Waals surface area (Å²) in [4.78, 5) is 13.7. The Balaban J connectivity index is 1.99. The van der Waals surface area contributed by atoms with Gasteiger partial charge < -0.3 is 10.4 Å². The van der Waals surface area contributed by atoms with Gasteiger partial charge in [0, 0.05) is 6.54 Å². The summed E-state index contributed by atoms with van der Waals surface area (Å²) < 4.78 is 0. The van der Waals surface area contributed by atoms with Crippen molar-refractivity contribution in [2.45, 2.75) is 33.6 Å². The van der Waals surface area contributed by atoms with Gasteiger partial charge in [0.2, 0.25) is 0 Å². The first-order valence-electron chi connectivity index (χ1n) is 6.97. The van der Waals surface area contributed by atoms with Crippen LogP contribution < -0.4 is 5.32 Å². The van der Waals surface area contributed by atoms with Gasteiger partial charge in [-0.05, 0) is 42.7 Å². The Kier molecular flexibility index (Phi) is 4.52. The minimum atomic E-state index is -0.157. The molecule has 0 aromatic carbocycles. The van der Waals surface area contributed by atoms with Gasteiger partial charge in [0.15, 0.2) is 0 Å². The van der Waals surface area contributed by atoms with E-state index < -0.39 is 0 Å². The average Bonchev–Trinajstić information content (AvgIpc) is 3.12. The number of thiophene rings is 1. The summed E-state index contributed by atoms with van der Waals surface area (Å²) >= 11 is 1.39. The molecule has 1 aliphatic rings. The van der Waals surface area contributed by atoms with Gasteiger partial charge >= 0.3 is 0 Å². The van der Waals surface area contributed by atoms with Gasteiger partial charge in [-0.25, -0.2) is 0 Å². The summed E-state index contributed by atoms with van der Waals surface area (Å²) in [6.45, 7) is 6.98. The van der Waals surface area contributed by atoms with Crippen LogP contribution in [0.4, 0.5) is 0 Å². The predicted octanol–water partition coefficient (Wildman–Crippen LogP) is 2.57. The summed E-state index contributed by atoms with van der Waals surface area (Å²) in [5, 5.41) is 11.8. The molecule has 1 aliphatic carbocycles. The lowest BCUT2D eigenvalue weighted by molar-refractivity contribution is 0.0944. The summed E-state index contributed by atoms with van der Waals surface area (Å²) in [5.74, 6) is 6.10. The maximum absolute atomic E-state index is 12.2. The van der Waals surface area contributed by atoms with E-state index in [2.05, 4.69) is 31.0 Å². The highest BCUT2D eigenvalue weighted by atomic mass is 32.1. The molecule has 0 radical (unpaired) electrons. The zero-order chi connectivity index (χ0) is 14.8. The van der Waals surface area contributed by atoms with Crippen LogP contribution in [0.1, 0.15) is 46.8 Å². The van der Waals surface area contributed by atoms with Crippen LogP contribution in [0.15, 0.2) is 6.07 Å². The SMILES string of the molecule is Cc1cc(C(=O)NCC2(C(C)C)CC2)sc1C#CCO. The lowest BCUT2D eigenvalue weighted by atomic mass is 9.92. The van der Waals surface area contributed by atoms with E-state index in [-0.39, 0.29) is 12.5 Å². The minimum Gasteiger partial charge on any atom is -0.384 e. The standard InChI is InChI=1S/C16H21NO2S/c1-11(2)16(6-7-16)10-17-15(19)14-9-12(3)13(20-14)5-4-8-18/h9,11,18H,6-8,10H2,1-3H3,(H,17,19). The average molecular weight is 291 g/mol. The molecule has 0 bridgehead atoms. The number of carbonyl (C=O) groups excluding carboxylic acids is 1. The Morgan fingerprint density at radius 3 is 2.80 bits per heavy atom. The molecule has 1 saturated carbocycles. The van der Waals surface area contributed by atoms with E-state index in [4.69, 9.17) is 5.11 Å². The molecule has 1 amide bonds. The van der Waals surface area contributed by atoms with Crippen molar-refractivity contribution in [3.8, 4) is 11.8 Å². The zero-order valence-electron chi connectivity index (χ0n) is 12.2. The number of aliphatic hydroxyl groups excluding tert-OH is 1. The lowest BCUT2D eigenvalue weighted by Crippen LogP contribution is -2.32. The highest BCUT2D eigenvalue weighted by Gasteiger charge is 2.45. The van der Waals surface area contributed by atoms with Crippen molar-refractivity contribution >= 4 is 17.2 Å². The molecule has 1 fully saturated rings. The molecule has 0 spiro atoms. The fourth-order valence-corrected chi connectivity index (χ4v) is 3.26. The normalized spacial score (nSPS) is 15.7. The molecule has 2 rings (SSSR count). The Hall–Kier alpha value is -1.31. The van der Waals surface area contributed by atoms with Crippen LogP contribution in [-0.4, -0.2) is 24.2 Å². The van der Waals surface area contributed by atoms with Crippen molar-refractivity contribution in [3.05, 3.63) is 21.4 Å². The maximum atomic E-state index is 12.2. The van der Waals surface area contributed by atoms with Crippen molar-refractivity contribution in [2.75, 3.05) is 13.2 Å².